The Morgan fingerprint density at radius 2 is 1.59 bits per heavy atom. The molecule has 2 aromatic rings. The van der Waals surface area contributed by atoms with E-state index in [1.54, 1.807) is 38.4 Å². The van der Waals surface area contributed by atoms with Crippen molar-refractivity contribution in [1.82, 2.24) is 4.90 Å². The van der Waals surface area contributed by atoms with E-state index in [0.717, 1.165) is 12.1 Å². The summed E-state index contributed by atoms with van der Waals surface area (Å²) >= 11 is 0. The van der Waals surface area contributed by atoms with Crippen molar-refractivity contribution in [2.75, 3.05) is 27.3 Å². The standard InChI is InChI=1S/C18H19F2NO5S/c1-21(11-12-26-15-7-5-14(25-2)6-8-15)17(22)13-3-9-16(10-4-13)27(23,24)18(19)20/h3-10,18H,11-12H2,1-2H3. The summed E-state index contributed by atoms with van der Waals surface area (Å²) in [6, 6.07) is 11.4. The normalized spacial score (nSPS) is 11.3. The zero-order valence-electron chi connectivity index (χ0n) is 14.8. The van der Waals surface area contributed by atoms with Gasteiger partial charge in [0, 0.05) is 12.6 Å². The highest BCUT2D eigenvalue weighted by Gasteiger charge is 2.26. The summed E-state index contributed by atoms with van der Waals surface area (Å²) < 4.78 is 58.4. The largest absolute Gasteiger partial charge is 0.497 e. The lowest BCUT2D eigenvalue weighted by Crippen LogP contribution is -2.30. The van der Waals surface area contributed by atoms with Crippen LogP contribution in [0.4, 0.5) is 8.78 Å². The summed E-state index contributed by atoms with van der Waals surface area (Å²) in [5.74, 6) is -2.56. The third kappa shape index (κ3) is 5.16. The monoisotopic (exact) mass is 399 g/mol. The highest BCUT2D eigenvalue weighted by molar-refractivity contribution is 7.91. The van der Waals surface area contributed by atoms with Crippen LogP contribution >= 0.6 is 0 Å². The van der Waals surface area contributed by atoms with Crippen molar-refractivity contribution in [3.05, 3.63) is 54.1 Å². The third-order valence-corrected chi connectivity index (χ3v) is 5.16. The number of halogens is 2. The second-order valence-corrected chi connectivity index (χ2v) is 7.50. The molecule has 0 radical (unpaired) electrons. The van der Waals surface area contributed by atoms with E-state index in [-0.39, 0.29) is 24.6 Å². The van der Waals surface area contributed by atoms with Gasteiger partial charge in [0.2, 0.25) is 9.84 Å². The van der Waals surface area contributed by atoms with Crippen molar-refractivity contribution in [2.45, 2.75) is 10.7 Å². The minimum absolute atomic E-state index is 0.190. The van der Waals surface area contributed by atoms with Gasteiger partial charge in [-0.2, -0.15) is 8.78 Å². The molecule has 0 bridgehead atoms. The van der Waals surface area contributed by atoms with Crippen LogP contribution in [0.3, 0.4) is 0 Å². The molecule has 0 atom stereocenters. The van der Waals surface area contributed by atoms with E-state index < -0.39 is 20.5 Å². The summed E-state index contributed by atoms with van der Waals surface area (Å²) in [6.45, 7) is 0.522. The average Bonchev–Trinajstić information content (AvgIpc) is 2.67. The van der Waals surface area contributed by atoms with Gasteiger partial charge in [-0.1, -0.05) is 0 Å². The van der Waals surface area contributed by atoms with Crippen molar-refractivity contribution in [3.8, 4) is 11.5 Å². The fraction of sp³-hybridized carbons (Fsp3) is 0.278. The van der Waals surface area contributed by atoms with Gasteiger partial charge < -0.3 is 14.4 Å². The molecule has 0 saturated carbocycles. The van der Waals surface area contributed by atoms with Gasteiger partial charge in [0.25, 0.3) is 5.91 Å². The van der Waals surface area contributed by atoms with Gasteiger partial charge in [-0.05, 0) is 48.5 Å². The first kappa shape index (κ1) is 20.6. The number of benzene rings is 2. The molecule has 9 heteroatoms. The second kappa shape index (κ2) is 8.81. The van der Waals surface area contributed by atoms with Gasteiger partial charge in [0.15, 0.2) is 0 Å². The number of amides is 1. The lowest BCUT2D eigenvalue weighted by Gasteiger charge is -2.18. The maximum Gasteiger partial charge on any atom is 0.341 e. The van der Waals surface area contributed by atoms with E-state index >= 15 is 0 Å². The number of sulfone groups is 1. The number of alkyl halides is 2. The fourth-order valence-electron chi connectivity index (χ4n) is 2.18. The van der Waals surface area contributed by atoms with Gasteiger partial charge in [-0.25, -0.2) is 8.42 Å². The van der Waals surface area contributed by atoms with Crippen LogP contribution in [0.5, 0.6) is 11.5 Å². The van der Waals surface area contributed by atoms with Gasteiger partial charge in [-0.3, -0.25) is 4.79 Å². The first-order valence-electron chi connectivity index (χ1n) is 7.90. The molecule has 0 aromatic heterocycles. The molecule has 0 aliphatic rings. The van der Waals surface area contributed by atoms with Gasteiger partial charge >= 0.3 is 5.76 Å². The first-order valence-corrected chi connectivity index (χ1v) is 9.44. The molecule has 146 valence electrons. The second-order valence-electron chi connectivity index (χ2n) is 5.58. The molecule has 0 N–H and O–H groups in total. The molecular weight excluding hydrogens is 380 g/mol. The van der Waals surface area contributed by atoms with Crippen LogP contribution in [0.1, 0.15) is 10.4 Å². The SMILES string of the molecule is COc1ccc(OCCN(C)C(=O)c2ccc(S(=O)(=O)C(F)F)cc2)cc1. The zero-order valence-corrected chi connectivity index (χ0v) is 15.6. The van der Waals surface area contributed by atoms with E-state index in [9.17, 15) is 22.0 Å². The third-order valence-electron chi connectivity index (χ3n) is 3.77. The first-order chi connectivity index (χ1) is 12.8. The van der Waals surface area contributed by atoms with Crippen molar-refractivity contribution in [3.63, 3.8) is 0 Å². The van der Waals surface area contributed by atoms with Crippen molar-refractivity contribution < 1.29 is 31.5 Å². The number of methoxy groups -OCH3 is 1. The van der Waals surface area contributed by atoms with Crippen molar-refractivity contribution in [2.24, 2.45) is 0 Å². The Hall–Kier alpha value is -2.68. The lowest BCUT2D eigenvalue weighted by atomic mass is 10.2. The molecule has 0 unspecified atom stereocenters. The number of likely N-dealkylation sites (N-methyl/N-ethyl adjacent to an activating group) is 1. The fourth-order valence-corrected chi connectivity index (χ4v) is 2.91. The van der Waals surface area contributed by atoms with Crippen molar-refractivity contribution in [1.29, 1.82) is 0 Å². The number of hydrogen-bond acceptors (Lipinski definition) is 5. The summed E-state index contributed by atoms with van der Waals surface area (Å²) in [7, 11) is -1.56. The molecule has 0 aliphatic carbocycles. The van der Waals surface area contributed by atoms with Gasteiger partial charge in [0.1, 0.15) is 18.1 Å². The molecule has 0 fully saturated rings. The van der Waals surface area contributed by atoms with Gasteiger partial charge in [-0.15, -0.1) is 0 Å². The van der Waals surface area contributed by atoms with Crippen LogP contribution in [0.15, 0.2) is 53.4 Å². The minimum Gasteiger partial charge on any atom is -0.497 e. The molecule has 0 heterocycles. The van der Waals surface area contributed by atoms with E-state index in [1.807, 2.05) is 0 Å². The van der Waals surface area contributed by atoms with Crippen LogP contribution in [0.25, 0.3) is 0 Å². The molecule has 2 aromatic carbocycles. The molecule has 0 saturated heterocycles. The summed E-state index contributed by atoms with van der Waals surface area (Å²) in [5, 5.41) is 0. The van der Waals surface area contributed by atoms with Crippen LogP contribution in [-0.4, -0.2) is 52.3 Å². The Morgan fingerprint density at radius 1 is 1.04 bits per heavy atom. The minimum atomic E-state index is -4.68. The quantitative estimate of drug-likeness (QED) is 0.683. The number of ether oxygens (including phenoxy) is 2. The summed E-state index contributed by atoms with van der Waals surface area (Å²) in [6.07, 6.45) is 0. The Kier molecular flexibility index (Phi) is 6.73. The van der Waals surface area contributed by atoms with Gasteiger partial charge in [0.05, 0.1) is 18.6 Å². The maximum absolute atomic E-state index is 12.5. The summed E-state index contributed by atoms with van der Waals surface area (Å²) in [5.41, 5.74) is 0.190. The molecule has 0 spiro atoms. The maximum atomic E-state index is 12.5. The molecule has 2 rings (SSSR count). The van der Waals surface area contributed by atoms with E-state index in [2.05, 4.69) is 0 Å². The Labute approximate surface area is 156 Å². The Bertz CT molecular complexity index is 868. The number of carbonyl (C=O) groups is 1. The van der Waals surface area contributed by atoms with Crippen LogP contribution < -0.4 is 9.47 Å². The molecule has 1 amide bonds. The molecule has 27 heavy (non-hydrogen) atoms. The zero-order chi connectivity index (χ0) is 20.0. The molecule has 6 nitrogen and oxygen atoms in total. The van der Waals surface area contributed by atoms with Crippen LogP contribution in [0, 0.1) is 0 Å². The predicted molar refractivity (Wildman–Crippen MR) is 95.1 cm³/mol. The van der Waals surface area contributed by atoms with Crippen LogP contribution in [0.2, 0.25) is 0 Å². The van der Waals surface area contributed by atoms with E-state index in [1.165, 1.54) is 17.0 Å². The smallest absolute Gasteiger partial charge is 0.341 e. The molecular formula is C18H19F2NO5S. The Morgan fingerprint density at radius 3 is 2.11 bits per heavy atom. The van der Waals surface area contributed by atoms with E-state index in [0.29, 0.717) is 11.5 Å². The van der Waals surface area contributed by atoms with Crippen molar-refractivity contribution >= 4 is 15.7 Å². The number of nitrogens with zero attached hydrogens (tertiary/aromatic N) is 1. The van der Waals surface area contributed by atoms with Crippen LogP contribution in [-0.2, 0) is 9.84 Å². The number of carbonyl (C=O) groups excluding carboxylic acids is 1. The number of hydrogen-bond donors (Lipinski definition) is 0. The Balaban J connectivity index is 1.92. The topological polar surface area (TPSA) is 72.9 Å². The predicted octanol–water partition coefficient (Wildman–Crippen LogP) is 2.84. The average molecular weight is 399 g/mol. The highest BCUT2D eigenvalue weighted by Crippen LogP contribution is 2.19. The number of rotatable bonds is 8. The lowest BCUT2D eigenvalue weighted by molar-refractivity contribution is 0.0773. The molecule has 0 aliphatic heterocycles. The highest BCUT2D eigenvalue weighted by atomic mass is 32.2. The van der Waals surface area contributed by atoms with E-state index in [4.69, 9.17) is 9.47 Å². The summed E-state index contributed by atoms with van der Waals surface area (Å²) in [4.78, 5) is 13.2.